The second kappa shape index (κ2) is 6.85. The maximum absolute atomic E-state index is 13.1. The lowest BCUT2D eigenvalue weighted by Crippen LogP contribution is -2.32. The van der Waals surface area contributed by atoms with Crippen LogP contribution in [0.3, 0.4) is 0 Å². The molecule has 25 heavy (non-hydrogen) atoms. The Morgan fingerprint density at radius 1 is 1.12 bits per heavy atom. The maximum atomic E-state index is 13.1. The van der Waals surface area contributed by atoms with Crippen molar-refractivity contribution in [2.45, 2.75) is 28.6 Å². The molecule has 1 saturated heterocycles. The third kappa shape index (κ3) is 3.38. The zero-order valence-corrected chi connectivity index (χ0v) is 14.4. The third-order valence-electron chi connectivity index (χ3n) is 4.46. The first kappa shape index (κ1) is 17.4. The molecule has 7 heteroatoms. The average molecular weight is 361 g/mol. The van der Waals surface area contributed by atoms with E-state index in [0.29, 0.717) is 11.3 Å². The molecular weight excluding hydrogens is 342 g/mol. The van der Waals surface area contributed by atoms with Gasteiger partial charge in [0, 0.05) is 0 Å². The summed E-state index contributed by atoms with van der Waals surface area (Å²) < 4.78 is 31.2. The lowest BCUT2D eigenvalue weighted by Gasteiger charge is -2.20. The lowest BCUT2D eigenvalue weighted by molar-refractivity contribution is -0.139. The summed E-state index contributed by atoms with van der Waals surface area (Å²) in [7, 11) is -2.13. The highest BCUT2D eigenvalue weighted by molar-refractivity contribution is 7.92. The summed E-state index contributed by atoms with van der Waals surface area (Å²) in [6, 6.07) is 13.6. The lowest BCUT2D eigenvalue weighted by atomic mass is 10.0. The maximum Gasteiger partial charge on any atom is 0.320 e. The molecule has 0 bridgehead atoms. The Morgan fingerprint density at radius 3 is 2.32 bits per heavy atom. The third-order valence-corrected chi connectivity index (χ3v) is 6.65. The second-order valence-electron chi connectivity index (χ2n) is 5.94. The van der Waals surface area contributed by atoms with Crippen molar-refractivity contribution < 1.29 is 23.1 Å². The van der Waals surface area contributed by atoms with Crippen molar-refractivity contribution in [3.63, 3.8) is 0 Å². The van der Waals surface area contributed by atoms with Crippen LogP contribution in [0.2, 0.25) is 0 Å². The predicted molar refractivity (Wildman–Crippen MR) is 92.3 cm³/mol. The molecule has 1 aliphatic rings. The number of nitrogens with one attached hydrogen (secondary N) is 1. The van der Waals surface area contributed by atoms with Gasteiger partial charge in [-0.2, -0.15) is 0 Å². The van der Waals surface area contributed by atoms with Crippen LogP contribution in [0.5, 0.6) is 5.75 Å². The van der Waals surface area contributed by atoms with Gasteiger partial charge in [0.15, 0.2) is 9.84 Å². The van der Waals surface area contributed by atoms with E-state index < -0.39 is 33.1 Å². The van der Waals surface area contributed by atoms with Crippen molar-refractivity contribution in [3.8, 4) is 5.75 Å². The van der Waals surface area contributed by atoms with Gasteiger partial charge in [0.25, 0.3) is 0 Å². The Hall–Kier alpha value is -2.38. The van der Waals surface area contributed by atoms with E-state index in [1.165, 1.54) is 12.1 Å². The van der Waals surface area contributed by atoms with Crippen LogP contribution in [0.1, 0.15) is 18.0 Å². The topological polar surface area (TPSA) is 92.7 Å². The summed E-state index contributed by atoms with van der Waals surface area (Å²) >= 11 is 0. The molecule has 132 valence electrons. The van der Waals surface area contributed by atoms with Crippen molar-refractivity contribution in [2.24, 2.45) is 0 Å². The van der Waals surface area contributed by atoms with Crippen molar-refractivity contribution in [2.75, 3.05) is 7.11 Å². The number of methoxy groups -OCH3 is 1. The van der Waals surface area contributed by atoms with Crippen molar-refractivity contribution in [1.82, 2.24) is 5.32 Å². The highest BCUT2D eigenvalue weighted by Crippen LogP contribution is 2.36. The Balaban J connectivity index is 2.00. The molecule has 6 nitrogen and oxygen atoms in total. The van der Waals surface area contributed by atoms with Crippen LogP contribution in [0.25, 0.3) is 0 Å². The summed E-state index contributed by atoms with van der Waals surface area (Å²) in [5, 5.41) is 11.4. The average Bonchev–Trinajstić information content (AvgIpc) is 3.09. The standard InChI is InChI=1S/C18H19NO5S/c1-24-13-9-7-12(8-10-13)17-16(11-15(19-17)18(20)21)25(22,23)14-5-3-2-4-6-14/h2-10,15-17,19H,11H2,1H3,(H,20,21)/t15-,16+,17-/m1/s1. The fraction of sp³-hybridized carbons (Fsp3) is 0.278. The number of rotatable bonds is 5. The molecular formula is C18H19NO5S. The number of carboxylic acid groups (broad SMARTS) is 1. The van der Waals surface area contributed by atoms with Crippen LogP contribution in [0, 0.1) is 0 Å². The molecule has 1 heterocycles. The molecule has 0 radical (unpaired) electrons. The van der Waals surface area contributed by atoms with E-state index in [1.807, 2.05) is 0 Å². The van der Waals surface area contributed by atoms with Gasteiger partial charge in [-0.15, -0.1) is 0 Å². The Bertz CT molecular complexity index is 849. The summed E-state index contributed by atoms with van der Waals surface area (Å²) in [4.78, 5) is 11.6. The minimum absolute atomic E-state index is 0.0171. The van der Waals surface area contributed by atoms with Crippen LogP contribution in [-0.4, -0.2) is 37.9 Å². The van der Waals surface area contributed by atoms with E-state index in [9.17, 15) is 18.3 Å². The van der Waals surface area contributed by atoms with E-state index >= 15 is 0 Å². The molecule has 0 spiro atoms. The molecule has 1 aliphatic heterocycles. The van der Waals surface area contributed by atoms with Gasteiger partial charge < -0.3 is 9.84 Å². The summed E-state index contributed by atoms with van der Waals surface area (Å²) in [5.74, 6) is -0.400. The van der Waals surface area contributed by atoms with Gasteiger partial charge in [-0.25, -0.2) is 8.42 Å². The molecule has 1 fully saturated rings. The predicted octanol–water partition coefficient (Wildman–Crippen LogP) is 2.03. The summed E-state index contributed by atoms with van der Waals surface area (Å²) in [5.41, 5.74) is 0.717. The minimum atomic E-state index is -3.68. The monoisotopic (exact) mass is 361 g/mol. The first-order valence-electron chi connectivity index (χ1n) is 7.85. The summed E-state index contributed by atoms with van der Waals surface area (Å²) in [6.07, 6.45) is 0.0171. The molecule has 0 amide bonds. The van der Waals surface area contributed by atoms with Gasteiger partial charge in [0.2, 0.25) is 0 Å². The fourth-order valence-corrected chi connectivity index (χ4v) is 5.07. The first-order chi connectivity index (χ1) is 11.9. The fourth-order valence-electron chi connectivity index (χ4n) is 3.15. The molecule has 3 rings (SSSR count). The molecule has 0 aliphatic carbocycles. The molecule has 3 atom stereocenters. The minimum Gasteiger partial charge on any atom is -0.497 e. The van der Waals surface area contributed by atoms with Gasteiger partial charge in [0.05, 0.1) is 23.3 Å². The quantitative estimate of drug-likeness (QED) is 0.846. The number of benzene rings is 2. The molecule has 0 aromatic heterocycles. The Kier molecular flexibility index (Phi) is 4.78. The smallest absolute Gasteiger partial charge is 0.320 e. The van der Waals surface area contributed by atoms with Crippen LogP contribution in [0.4, 0.5) is 0 Å². The molecule has 2 aromatic carbocycles. The number of ether oxygens (including phenoxy) is 1. The number of aliphatic carboxylic acids is 1. The summed E-state index contributed by atoms with van der Waals surface area (Å²) in [6.45, 7) is 0. The zero-order chi connectivity index (χ0) is 18.0. The van der Waals surface area contributed by atoms with Crippen LogP contribution in [-0.2, 0) is 14.6 Å². The first-order valence-corrected chi connectivity index (χ1v) is 9.40. The van der Waals surface area contributed by atoms with Gasteiger partial charge in [0.1, 0.15) is 11.8 Å². The number of sulfone groups is 1. The Labute approximate surface area is 146 Å². The van der Waals surface area contributed by atoms with E-state index in [1.54, 1.807) is 49.6 Å². The number of hydrogen-bond donors (Lipinski definition) is 2. The van der Waals surface area contributed by atoms with Crippen molar-refractivity contribution in [3.05, 3.63) is 60.2 Å². The molecule has 0 saturated carbocycles. The largest absolute Gasteiger partial charge is 0.497 e. The van der Waals surface area contributed by atoms with Gasteiger partial charge in [-0.05, 0) is 36.2 Å². The van der Waals surface area contributed by atoms with Gasteiger partial charge in [-0.1, -0.05) is 30.3 Å². The highest BCUT2D eigenvalue weighted by Gasteiger charge is 2.45. The van der Waals surface area contributed by atoms with Gasteiger partial charge in [-0.3, -0.25) is 10.1 Å². The van der Waals surface area contributed by atoms with Gasteiger partial charge >= 0.3 is 5.97 Å². The van der Waals surface area contributed by atoms with E-state index in [0.717, 1.165) is 0 Å². The van der Waals surface area contributed by atoms with E-state index in [-0.39, 0.29) is 11.3 Å². The zero-order valence-electron chi connectivity index (χ0n) is 13.6. The van der Waals surface area contributed by atoms with Crippen molar-refractivity contribution >= 4 is 15.8 Å². The highest BCUT2D eigenvalue weighted by atomic mass is 32.2. The molecule has 2 aromatic rings. The van der Waals surface area contributed by atoms with Crippen LogP contribution in [0.15, 0.2) is 59.5 Å². The Morgan fingerprint density at radius 2 is 1.76 bits per heavy atom. The van der Waals surface area contributed by atoms with Crippen LogP contribution < -0.4 is 10.1 Å². The number of hydrogen-bond acceptors (Lipinski definition) is 5. The molecule has 0 unspecified atom stereocenters. The SMILES string of the molecule is COc1ccc([C@H]2N[C@@H](C(=O)O)C[C@@H]2S(=O)(=O)c2ccccc2)cc1. The van der Waals surface area contributed by atoms with E-state index in [4.69, 9.17) is 4.74 Å². The molecule has 2 N–H and O–H groups in total. The number of carbonyl (C=O) groups is 1. The number of carboxylic acids is 1. The second-order valence-corrected chi connectivity index (χ2v) is 8.11. The van der Waals surface area contributed by atoms with Crippen LogP contribution >= 0.6 is 0 Å². The van der Waals surface area contributed by atoms with Crippen molar-refractivity contribution in [1.29, 1.82) is 0 Å². The van der Waals surface area contributed by atoms with E-state index in [2.05, 4.69) is 5.32 Å². The normalized spacial score (nSPS) is 23.3.